The molecule has 0 aliphatic rings. The number of hydrogen-bond acceptors (Lipinski definition) is 0. The van der Waals surface area contributed by atoms with Gasteiger partial charge in [-0.2, -0.15) is 0 Å². The fourth-order valence-corrected chi connectivity index (χ4v) is 2.04. The molecule has 0 bridgehead atoms. The zero-order valence-corrected chi connectivity index (χ0v) is 8.59. The van der Waals surface area contributed by atoms with Crippen LogP contribution in [0.3, 0.4) is 0 Å². The zero-order valence-electron chi connectivity index (χ0n) is 6.24. The third-order valence-corrected chi connectivity index (χ3v) is 2.29. The van der Waals surface area contributed by atoms with E-state index in [0.717, 1.165) is 4.47 Å². The second kappa shape index (κ2) is 3.71. The molecule has 0 fully saturated rings. The summed E-state index contributed by atoms with van der Waals surface area (Å²) in [5, 5.41) is 0.108. The Labute approximate surface area is 82.7 Å². The SMILES string of the molecule is Cc1cc(Br)cc(Cl)c1C(F)F. The number of rotatable bonds is 1. The second-order valence-electron chi connectivity index (χ2n) is 2.42. The normalized spacial score (nSPS) is 10.8. The summed E-state index contributed by atoms with van der Waals surface area (Å²) in [5.41, 5.74) is 0.421. The van der Waals surface area contributed by atoms with Crippen LogP contribution in [-0.2, 0) is 0 Å². The minimum absolute atomic E-state index is 0.0835. The molecular formula is C8H6BrClF2. The highest BCUT2D eigenvalue weighted by Gasteiger charge is 2.14. The van der Waals surface area contributed by atoms with Gasteiger partial charge in [0, 0.05) is 10.0 Å². The molecule has 66 valence electrons. The summed E-state index contributed by atoms with van der Waals surface area (Å²) in [5.74, 6) is 0. The second-order valence-corrected chi connectivity index (χ2v) is 3.74. The first-order valence-electron chi connectivity index (χ1n) is 3.26. The maximum Gasteiger partial charge on any atom is 0.265 e. The summed E-state index contributed by atoms with van der Waals surface area (Å²) in [6.07, 6.45) is -2.51. The lowest BCUT2D eigenvalue weighted by molar-refractivity contribution is 0.150. The molecule has 0 spiro atoms. The lowest BCUT2D eigenvalue weighted by Gasteiger charge is -2.07. The van der Waals surface area contributed by atoms with Gasteiger partial charge in [-0.05, 0) is 24.6 Å². The van der Waals surface area contributed by atoms with Crippen LogP contribution in [0.2, 0.25) is 5.02 Å². The predicted octanol–water partition coefficient (Wildman–Crippen LogP) is 4.35. The minimum Gasteiger partial charge on any atom is -0.205 e. The summed E-state index contributed by atoms with van der Waals surface area (Å²) in [7, 11) is 0. The molecule has 0 nitrogen and oxygen atoms in total. The van der Waals surface area contributed by atoms with Crippen molar-refractivity contribution in [3.8, 4) is 0 Å². The van der Waals surface area contributed by atoms with Crippen molar-refractivity contribution in [3.05, 3.63) is 32.8 Å². The van der Waals surface area contributed by atoms with Gasteiger partial charge in [0.1, 0.15) is 0 Å². The quantitative estimate of drug-likeness (QED) is 0.700. The van der Waals surface area contributed by atoms with Crippen molar-refractivity contribution in [2.75, 3.05) is 0 Å². The first kappa shape index (κ1) is 9.93. The van der Waals surface area contributed by atoms with E-state index in [2.05, 4.69) is 15.9 Å². The molecule has 0 aromatic heterocycles. The first-order chi connectivity index (χ1) is 5.52. The van der Waals surface area contributed by atoms with E-state index in [4.69, 9.17) is 11.6 Å². The van der Waals surface area contributed by atoms with Gasteiger partial charge in [-0.1, -0.05) is 27.5 Å². The van der Waals surface area contributed by atoms with Crippen molar-refractivity contribution >= 4 is 27.5 Å². The fraction of sp³-hybridized carbons (Fsp3) is 0.250. The molecule has 0 radical (unpaired) electrons. The van der Waals surface area contributed by atoms with Crippen molar-refractivity contribution in [3.63, 3.8) is 0 Å². The van der Waals surface area contributed by atoms with Crippen LogP contribution in [0.15, 0.2) is 16.6 Å². The molecule has 0 saturated carbocycles. The third-order valence-electron chi connectivity index (χ3n) is 1.52. The molecule has 0 atom stereocenters. The maximum absolute atomic E-state index is 12.3. The van der Waals surface area contributed by atoms with Crippen LogP contribution in [0.25, 0.3) is 0 Å². The maximum atomic E-state index is 12.3. The highest BCUT2D eigenvalue weighted by atomic mass is 79.9. The van der Waals surface area contributed by atoms with E-state index in [-0.39, 0.29) is 10.6 Å². The van der Waals surface area contributed by atoms with Gasteiger partial charge in [-0.25, -0.2) is 8.78 Å². The Kier molecular flexibility index (Phi) is 3.07. The van der Waals surface area contributed by atoms with E-state index in [9.17, 15) is 8.78 Å². The molecule has 0 heterocycles. The minimum atomic E-state index is -2.51. The Morgan fingerprint density at radius 1 is 1.42 bits per heavy atom. The Balaban J connectivity index is 3.28. The van der Waals surface area contributed by atoms with Crippen molar-refractivity contribution in [2.45, 2.75) is 13.3 Å². The van der Waals surface area contributed by atoms with Crippen LogP contribution < -0.4 is 0 Å². The van der Waals surface area contributed by atoms with Crippen LogP contribution in [0.1, 0.15) is 17.6 Å². The predicted molar refractivity (Wildman–Crippen MR) is 48.8 cm³/mol. The lowest BCUT2D eigenvalue weighted by Crippen LogP contribution is -1.90. The van der Waals surface area contributed by atoms with Gasteiger partial charge in [0.25, 0.3) is 6.43 Å². The van der Waals surface area contributed by atoms with Crippen molar-refractivity contribution < 1.29 is 8.78 Å². The summed E-state index contributed by atoms with van der Waals surface area (Å²) in [6.45, 7) is 1.61. The number of hydrogen-bond donors (Lipinski definition) is 0. The highest BCUT2D eigenvalue weighted by molar-refractivity contribution is 9.10. The van der Waals surface area contributed by atoms with Gasteiger partial charge in [-0.3, -0.25) is 0 Å². The largest absolute Gasteiger partial charge is 0.265 e. The number of alkyl halides is 2. The van der Waals surface area contributed by atoms with Gasteiger partial charge in [0.05, 0.1) is 5.02 Å². The molecule has 0 aliphatic carbocycles. The molecule has 0 aliphatic heterocycles. The average Bonchev–Trinajstić information content (AvgIpc) is 1.82. The molecule has 4 heteroatoms. The molecule has 1 aromatic rings. The zero-order chi connectivity index (χ0) is 9.30. The van der Waals surface area contributed by atoms with E-state index < -0.39 is 6.43 Å². The van der Waals surface area contributed by atoms with E-state index in [1.165, 1.54) is 6.07 Å². The van der Waals surface area contributed by atoms with E-state index >= 15 is 0 Å². The Bertz CT molecular complexity index is 276. The number of halogens is 4. The van der Waals surface area contributed by atoms with Crippen molar-refractivity contribution in [2.24, 2.45) is 0 Å². The highest BCUT2D eigenvalue weighted by Crippen LogP contribution is 2.32. The van der Waals surface area contributed by atoms with Gasteiger partial charge in [0.15, 0.2) is 0 Å². The van der Waals surface area contributed by atoms with Crippen LogP contribution in [-0.4, -0.2) is 0 Å². The molecule has 0 saturated heterocycles. The first-order valence-corrected chi connectivity index (χ1v) is 4.43. The van der Waals surface area contributed by atoms with E-state index in [1.807, 2.05) is 0 Å². The fourth-order valence-electron chi connectivity index (χ4n) is 0.990. The molecule has 0 N–H and O–H groups in total. The third kappa shape index (κ3) is 1.96. The summed E-state index contributed by atoms with van der Waals surface area (Å²) in [6, 6.07) is 3.09. The van der Waals surface area contributed by atoms with Gasteiger partial charge < -0.3 is 0 Å². The Morgan fingerprint density at radius 2 is 2.00 bits per heavy atom. The summed E-state index contributed by atoms with van der Waals surface area (Å²) < 4.78 is 25.4. The number of aryl methyl sites for hydroxylation is 1. The number of benzene rings is 1. The summed E-state index contributed by atoms with van der Waals surface area (Å²) >= 11 is 8.79. The van der Waals surface area contributed by atoms with Crippen LogP contribution in [0.4, 0.5) is 8.78 Å². The summed E-state index contributed by atoms with van der Waals surface area (Å²) in [4.78, 5) is 0. The van der Waals surface area contributed by atoms with Crippen LogP contribution in [0, 0.1) is 6.92 Å². The monoisotopic (exact) mass is 254 g/mol. The van der Waals surface area contributed by atoms with E-state index in [0.29, 0.717) is 5.56 Å². The smallest absolute Gasteiger partial charge is 0.205 e. The lowest BCUT2D eigenvalue weighted by atomic mass is 10.1. The standard InChI is InChI=1S/C8H6BrClF2/c1-4-2-5(9)3-6(10)7(4)8(11)12/h2-3,8H,1H3. The van der Waals surface area contributed by atoms with Crippen LogP contribution in [0.5, 0.6) is 0 Å². The molecule has 0 unspecified atom stereocenters. The Morgan fingerprint density at radius 3 is 2.42 bits per heavy atom. The van der Waals surface area contributed by atoms with Gasteiger partial charge in [0.2, 0.25) is 0 Å². The molecule has 1 aromatic carbocycles. The van der Waals surface area contributed by atoms with Gasteiger partial charge >= 0.3 is 0 Å². The molecule has 0 amide bonds. The Hall–Kier alpha value is -0.150. The average molecular weight is 255 g/mol. The van der Waals surface area contributed by atoms with Crippen molar-refractivity contribution in [1.29, 1.82) is 0 Å². The molecular weight excluding hydrogens is 249 g/mol. The van der Waals surface area contributed by atoms with E-state index in [1.54, 1.807) is 13.0 Å². The van der Waals surface area contributed by atoms with Gasteiger partial charge in [-0.15, -0.1) is 0 Å². The molecule has 12 heavy (non-hydrogen) atoms. The molecule has 1 rings (SSSR count). The topological polar surface area (TPSA) is 0 Å². The van der Waals surface area contributed by atoms with Crippen molar-refractivity contribution in [1.82, 2.24) is 0 Å². The van der Waals surface area contributed by atoms with Crippen LogP contribution >= 0.6 is 27.5 Å².